The number of amides is 13. The highest BCUT2D eigenvalue weighted by molar-refractivity contribution is 7.88. The predicted octanol–water partition coefficient (Wildman–Crippen LogP) is 0.840. The van der Waals surface area contributed by atoms with Crippen molar-refractivity contribution in [1.29, 1.82) is 0 Å². The van der Waals surface area contributed by atoms with Crippen molar-refractivity contribution < 1.29 is 129 Å². The molecule has 14 N–H and O–H groups in total. The zero-order chi connectivity index (χ0) is 96.8. The number of nitrogens with two attached hydrogens (primary N) is 1. The number of urea groups is 1. The van der Waals surface area contributed by atoms with Gasteiger partial charge < -0.3 is 110 Å². The van der Waals surface area contributed by atoms with Crippen molar-refractivity contribution in [3.05, 3.63) is 106 Å². The number of fused-ring (bicyclic) bond motifs is 2. The molecule has 1 saturated carbocycles. The number of piperidine rings is 1. The maximum atomic E-state index is 15.3. The third-order valence-corrected chi connectivity index (χ3v) is 26.1. The number of likely N-dealkylation sites (tertiary alicyclic amines) is 2. The van der Waals surface area contributed by atoms with Gasteiger partial charge in [0.25, 0.3) is 11.8 Å². The second-order valence-electron chi connectivity index (χ2n) is 34.1. The molecule has 2 bridgehead atoms. The van der Waals surface area contributed by atoms with Gasteiger partial charge in [-0.3, -0.25) is 53.0 Å². The second kappa shape index (κ2) is 51.9. The number of carbonyl (C=O) groups is 12. The van der Waals surface area contributed by atoms with Crippen molar-refractivity contribution in [2.75, 3.05) is 99.0 Å². The van der Waals surface area contributed by atoms with Crippen LogP contribution in [0.5, 0.6) is 0 Å². The van der Waals surface area contributed by atoms with Crippen molar-refractivity contribution in [1.82, 2.24) is 75.6 Å². The Bertz CT molecular complexity index is 4650. The Balaban J connectivity index is 0.845. The highest BCUT2D eigenvalue weighted by Crippen LogP contribution is 2.44. The molecule has 2 aromatic carbocycles. The van der Waals surface area contributed by atoms with Crippen LogP contribution in [0.1, 0.15) is 146 Å². The number of primary amides is 1. The summed E-state index contributed by atoms with van der Waals surface area (Å²) in [4.78, 5) is 175. The van der Waals surface area contributed by atoms with Crippen molar-refractivity contribution in [3.63, 3.8) is 0 Å². The Labute approximate surface area is 776 Å². The third-order valence-electron chi connectivity index (χ3n) is 24.2. The largest absolute Gasteiger partial charge is 0.447 e. The number of likely N-dealkylation sites (N-methyl/N-ethyl adjacent to an activating group) is 1. The first-order valence-electron chi connectivity index (χ1n) is 44.7. The fourth-order valence-corrected chi connectivity index (χ4v) is 18.3. The van der Waals surface area contributed by atoms with Crippen molar-refractivity contribution in [3.8, 4) is 0 Å². The minimum atomic E-state index is -4.46. The summed E-state index contributed by atoms with van der Waals surface area (Å²) in [5.74, 6) is -6.78. The van der Waals surface area contributed by atoms with Crippen LogP contribution in [0.15, 0.2) is 78.5 Å². The van der Waals surface area contributed by atoms with Gasteiger partial charge in [-0.15, -0.1) is 16.4 Å². The number of carbonyl (C=O) groups excluding carboxylic acids is 12. The number of anilines is 1. The van der Waals surface area contributed by atoms with Crippen LogP contribution in [0.4, 0.5) is 20.1 Å². The standard InChI is InChI=1S/C87H129N17O27S2/c1-11-52(6)72(64(123-9)44-69(109)102-31-16-20-63(102)77(124-10)53(7)78(113)94-62(82-89-30-40-132-82)41-54-17-13-12-14-18-54)100(8)83(117)71(51(4)5)96-81(116)73-55-22-24-60(43-55)104(73)87(120)130-48-56-21-23-58(92-79(114)61(19-15-28-90-85(88)118)93-80(115)70(50(2)3)95-66(106)27-34-125-36-33-103-67(107)25-26-68(103)108)42-57(56)47-127-49-59-45-101(99-97-59)32-37-129-86(119)98-133(121,122)91-29-35-126-38-39-128-84-76(112)75(111)74(110)65(46-105)131-84/h12-14,17-18,21,23,25-26,30,40,42,45,50-53,55,60-65,70-77,84,91,105,110-112H,11,15-16,19-20,22,24,27-29,31-39,41,43-44,46-49H2,1-10H3,(H,92,114)(H,93,115)(H,94,113)(H,95,106)(H,96,116)(H,98,119)(H3,88,90,118)/t52-,53+,55-,60+,61-,62-,63-,64+,65+,70-,71-,72-,73-,74+,75-,76+,77+,84+/m0/s1. The van der Waals surface area contributed by atoms with Gasteiger partial charge in [-0.1, -0.05) is 96.5 Å². The minimum Gasteiger partial charge on any atom is -0.447 e. The Hall–Kier alpha value is -10.3. The number of ether oxygens (including phenoxy) is 9. The monoisotopic (exact) mass is 1910 g/mol. The molecule has 4 aliphatic heterocycles. The Morgan fingerprint density at radius 3 is 2.18 bits per heavy atom. The van der Waals surface area contributed by atoms with E-state index < -0.39 is 199 Å². The average Bonchev–Trinajstić information content (AvgIpc) is 1.57. The van der Waals surface area contributed by atoms with Gasteiger partial charge >= 0.3 is 28.4 Å². The number of rotatable bonds is 54. The molecule has 1 aliphatic carbocycles. The number of hydrogen-bond acceptors (Lipinski definition) is 31. The molecule has 3 saturated heterocycles. The van der Waals surface area contributed by atoms with E-state index in [1.807, 2.05) is 49.6 Å². The Morgan fingerprint density at radius 1 is 0.759 bits per heavy atom. The quantitative estimate of drug-likeness (QED) is 0.0215. The Kier molecular flexibility index (Phi) is 41.5. The summed E-state index contributed by atoms with van der Waals surface area (Å²) in [5.41, 5.74) is 7.50. The van der Waals surface area contributed by atoms with E-state index in [-0.39, 0.29) is 133 Å². The number of imide groups is 1. The summed E-state index contributed by atoms with van der Waals surface area (Å²) in [7, 11) is 0.210. The number of nitrogens with zero attached hydrogens (tertiary/aromatic N) is 8. The minimum absolute atomic E-state index is 0.00840. The van der Waals surface area contributed by atoms with Crippen molar-refractivity contribution in [2.24, 2.45) is 35.3 Å². The number of aromatic nitrogens is 4. The molecule has 133 heavy (non-hydrogen) atoms. The van der Waals surface area contributed by atoms with E-state index in [4.69, 9.17) is 48.4 Å². The van der Waals surface area contributed by atoms with E-state index in [2.05, 4.69) is 51.9 Å². The molecule has 4 aromatic rings. The molecule has 0 spiro atoms. The van der Waals surface area contributed by atoms with Gasteiger partial charge in [0.1, 0.15) is 72.5 Å². The van der Waals surface area contributed by atoms with Crippen LogP contribution in [0.3, 0.4) is 0 Å². The summed E-state index contributed by atoms with van der Waals surface area (Å²) < 4.78 is 81.5. The number of hydrogen-bond donors (Lipinski definition) is 13. The van der Waals surface area contributed by atoms with E-state index >= 15 is 9.59 Å². The molecular formula is C87H129N17O27S2. The summed E-state index contributed by atoms with van der Waals surface area (Å²) >= 11 is 1.45. The van der Waals surface area contributed by atoms with Crippen LogP contribution >= 0.6 is 11.3 Å². The third kappa shape index (κ3) is 30.6. The summed E-state index contributed by atoms with van der Waals surface area (Å²) in [6.45, 7) is 9.97. The highest BCUT2D eigenvalue weighted by Gasteiger charge is 2.54. The number of aliphatic hydroxyl groups is 4. The van der Waals surface area contributed by atoms with E-state index in [0.29, 0.717) is 62.6 Å². The molecule has 44 nitrogen and oxygen atoms in total. The molecule has 4 fully saturated rings. The molecule has 13 amide bonds. The molecule has 46 heteroatoms. The fraction of sp³-hybridized carbons (Fsp3) is 0.644. The van der Waals surface area contributed by atoms with Crippen LogP contribution in [0.2, 0.25) is 0 Å². The molecule has 5 aliphatic rings. The molecule has 0 radical (unpaired) electrons. The van der Waals surface area contributed by atoms with Crippen molar-refractivity contribution >= 4 is 98.6 Å². The lowest BCUT2D eigenvalue weighted by atomic mass is 9.89. The van der Waals surface area contributed by atoms with Gasteiger partial charge in [0.05, 0.1) is 115 Å². The number of aliphatic hydroxyl groups excluding tert-OH is 4. The number of nitrogens with one attached hydrogen (secondary N) is 8. The SMILES string of the molecule is CC[C@H](C)[C@@H]([C@@H](CC(=O)N1CCC[C@H]1[C@H](OC)[C@@H](C)C(=O)N[C@@H](Cc1ccccc1)c1nccs1)OC)N(C)C(=O)[C@@H](NC(=O)[C@@H]1[C@H]2CC[C@H](C2)N1C(=O)OCc1ccc(NC(=O)[C@H](CCCNC(N)=O)NC(=O)[C@@H](NC(=O)CCOCCN2C(=O)C=CC2=O)C(C)C)cc1COCc1cn(CCOC(=O)NS(=O)(=O)NCCOCCO[C@@H]2O[C@H](CO)[C@@H](O)[C@H](O)[C@H]2O)nn1)C(C)C. The van der Waals surface area contributed by atoms with Crippen LogP contribution in [0, 0.1) is 29.6 Å². The van der Waals surface area contributed by atoms with E-state index in [9.17, 15) is 76.8 Å². The van der Waals surface area contributed by atoms with Crippen molar-refractivity contribution in [2.45, 2.75) is 237 Å². The first-order valence-corrected chi connectivity index (χ1v) is 47.1. The van der Waals surface area contributed by atoms with Gasteiger partial charge in [0.2, 0.25) is 41.4 Å². The topological polar surface area (TPSA) is 582 Å². The van der Waals surface area contributed by atoms with E-state index in [1.165, 1.54) is 53.5 Å². The average molecular weight is 1910 g/mol. The highest BCUT2D eigenvalue weighted by atomic mass is 32.2. The predicted molar refractivity (Wildman–Crippen MR) is 475 cm³/mol. The van der Waals surface area contributed by atoms with Gasteiger partial charge in [-0.05, 0) is 104 Å². The summed E-state index contributed by atoms with van der Waals surface area (Å²) in [6.07, 6.45) is -2.01. The number of thiazole rings is 1. The first-order chi connectivity index (χ1) is 63.5. The molecule has 6 heterocycles. The van der Waals surface area contributed by atoms with Gasteiger partial charge in [0, 0.05) is 82.8 Å². The lowest BCUT2D eigenvalue weighted by Crippen LogP contribution is -2.60. The molecule has 2 aromatic heterocycles. The van der Waals surface area contributed by atoms with E-state index in [1.54, 1.807) is 68.5 Å². The van der Waals surface area contributed by atoms with Crippen LogP contribution in [0.25, 0.3) is 0 Å². The van der Waals surface area contributed by atoms with Crippen LogP contribution in [-0.4, -0.2) is 319 Å². The number of benzene rings is 2. The summed E-state index contributed by atoms with van der Waals surface area (Å²) in [5, 5.41) is 67.3. The number of methoxy groups -OCH3 is 2. The molecular weight excluding hydrogens is 1780 g/mol. The van der Waals surface area contributed by atoms with Gasteiger partial charge in [0.15, 0.2) is 6.29 Å². The molecule has 9 rings (SSSR count). The second-order valence-corrected chi connectivity index (χ2v) is 36.6. The van der Waals surface area contributed by atoms with Crippen LogP contribution < -0.4 is 47.1 Å². The molecule has 0 unspecified atom stereocenters. The van der Waals surface area contributed by atoms with Crippen LogP contribution in [-0.2, 0) is 129 Å². The van der Waals surface area contributed by atoms with Gasteiger partial charge in [-0.25, -0.2) is 28.8 Å². The zero-order valence-corrected chi connectivity index (χ0v) is 78.2. The molecule has 18 atom stereocenters. The van der Waals surface area contributed by atoms with E-state index in [0.717, 1.165) is 27.6 Å². The van der Waals surface area contributed by atoms with Gasteiger partial charge in [-0.2, -0.15) is 13.1 Å². The maximum absolute atomic E-state index is 15.3. The molecule has 736 valence electrons. The smallest absolute Gasteiger partial charge is 0.421 e. The Morgan fingerprint density at radius 2 is 1.50 bits per heavy atom. The normalized spacial score (nSPS) is 21.4. The zero-order valence-electron chi connectivity index (χ0n) is 76.6. The lowest BCUT2D eigenvalue weighted by molar-refractivity contribution is -0.302. The first kappa shape index (κ1) is 106. The fourth-order valence-electron chi connectivity index (χ4n) is 16.9. The summed E-state index contributed by atoms with van der Waals surface area (Å²) in [6, 6.07) is 6.95. The maximum Gasteiger partial charge on any atom is 0.421 e. The lowest BCUT2D eigenvalue weighted by Gasteiger charge is -2.41.